The van der Waals surface area contributed by atoms with E-state index in [1.165, 1.54) is 52.4 Å². The fourth-order valence-corrected chi connectivity index (χ4v) is 8.35. The molecule has 0 bridgehead atoms. The molecule has 1 aliphatic rings. The summed E-state index contributed by atoms with van der Waals surface area (Å²) in [6, 6.07) is 22.6. The Morgan fingerprint density at radius 3 is 1.82 bits per heavy atom. The van der Waals surface area contributed by atoms with E-state index in [1.807, 2.05) is 30.3 Å². The number of nitrogens with zero attached hydrogens (tertiary/aromatic N) is 3. The van der Waals surface area contributed by atoms with Crippen LogP contribution in [-0.4, -0.2) is 31.8 Å². The first-order valence-corrected chi connectivity index (χ1v) is 22.4. The molecule has 0 N–H and O–H groups in total. The molecule has 0 heterocycles. The second-order valence-corrected chi connectivity index (χ2v) is 17.2. The van der Waals surface area contributed by atoms with E-state index in [2.05, 4.69) is 57.3 Å². The summed E-state index contributed by atoms with van der Waals surface area (Å²) >= 11 is 0. The molecule has 3 aromatic rings. The number of rotatable bonds is 24. The van der Waals surface area contributed by atoms with E-state index in [0.29, 0.717) is 62.2 Å². The minimum Gasteiger partial charge on any atom is -0.492 e. The van der Waals surface area contributed by atoms with Crippen LogP contribution in [-0.2, 0) is 38.3 Å². The van der Waals surface area contributed by atoms with E-state index in [9.17, 15) is 25.4 Å². The largest absolute Gasteiger partial charge is 0.492 e. The van der Waals surface area contributed by atoms with Crippen molar-refractivity contribution < 1.29 is 28.2 Å². The number of hydrogen-bond donors (Lipinski definition) is 0. The van der Waals surface area contributed by atoms with Crippen molar-refractivity contribution in [3.63, 3.8) is 0 Å². The van der Waals surface area contributed by atoms with Gasteiger partial charge in [0.25, 0.3) is 0 Å². The van der Waals surface area contributed by atoms with Crippen molar-refractivity contribution in [2.24, 2.45) is 11.3 Å². The standard InChI is InChI=1S/C53H64FN3O5/c1-7-9-10-15-39-18-20-41(21-19-39)43-23-25-48(49(54)33-43)47-24-22-42(30-40(47)8-2)46-31-44(16-11-13-27-55)50(45(32-46)17-12-14-28-56)60-34-53(26-29-57,35-61-51(58)37(3)4)36-62-52(59)38(5)6/h22-25,30-33,39,41H,3,5,7-21,26,34-36H2,1-2,4,6H3. The summed E-state index contributed by atoms with van der Waals surface area (Å²) in [6.45, 7) is 13.9. The first-order chi connectivity index (χ1) is 29.9. The number of nitriles is 3. The molecule has 0 aromatic heterocycles. The smallest absolute Gasteiger partial charge is 0.333 e. The Bertz CT molecular complexity index is 2090. The molecule has 8 nitrogen and oxygen atoms in total. The number of carbonyl (C=O) groups is 2. The monoisotopic (exact) mass is 841 g/mol. The van der Waals surface area contributed by atoms with Gasteiger partial charge < -0.3 is 14.2 Å². The molecule has 3 aromatic carbocycles. The second kappa shape index (κ2) is 24.7. The van der Waals surface area contributed by atoms with Gasteiger partial charge in [-0.25, -0.2) is 14.0 Å². The highest BCUT2D eigenvalue weighted by molar-refractivity contribution is 5.87. The molecule has 0 atom stereocenters. The van der Waals surface area contributed by atoms with Crippen molar-refractivity contribution >= 4 is 11.9 Å². The van der Waals surface area contributed by atoms with Gasteiger partial charge in [-0.1, -0.05) is 83.0 Å². The zero-order valence-corrected chi connectivity index (χ0v) is 37.4. The van der Waals surface area contributed by atoms with Crippen molar-refractivity contribution in [3.05, 3.63) is 101 Å². The summed E-state index contributed by atoms with van der Waals surface area (Å²) in [5.74, 6) is 0.227. The van der Waals surface area contributed by atoms with Gasteiger partial charge in [0.15, 0.2) is 0 Å². The van der Waals surface area contributed by atoms with Crippen molar-refractivity contribution in [1.82, 2.24) is 0 Å². The van der Waals surface area contributed by atoms with Gasteiger partial charge in [-0.2, -0.15) is 15.8 Å². The van der Waals surface area contributed by atoms with Crippen LogP contribution < -0.4 is 4.74 Å². The van der Waals surface area contributed by atoms with Crippen LogP contribution in [0.25, 0.3) is 22.3 Å². The molecule has 0 spiro atoms. The lowest BCUT2D eigenvalue weighted by atomic mass is 9.77. The number of carbonyl (C=O) groups excluding carboxylic acids is 2. The highest BCUT2D eigenvalue weighted by atomic mass is 19.1. The highest BCUT2D eigenvalue weighted by Gasteiger charge is 2.36. The number of aryl methyl sites for hydroxylation is 3. The molecule has 9 heteroatoms. The van der Waals surface area contributed by atoms with Crippen molar-refractivity contribution in [2.75, 3.05) is 19.8 Å². The van der Waals surface area contributed by atoms with E-state index in [0.717, 1.165) is 57.7 Å². The predicted octanol–water partition coefficient (Wildman–Crippen LogP) is 12.8. The van der Waals surface area contributed by atoms with Crippen LogP contribution in [0.4, 0.5) is 4.39 Å². The van der Waals surface area contributed by atoms with E-state index in [-0.39, 0.29) is 43.2 Å². The highest BCUT2D eigenvalue weighted by Crippen LogP contribution is 2.41. The Morgan fingerprint density at radius 1 is 0.726 bits per heavy atom. The number of unbranched alkanes of at least 4 members (excludes halogenated alkanes) is 4. The average molecular weight is 842 g/mol. The Labute approximate surface area is 369 Å². The molecular weight excluding hydrogens is 778 g/mol. The van der Waals surface area contributed by atoms with Gasteiger partial charge in [-0.15, -0.1) is 0 Å². The Kier molecular flexibility index (Phi) is 19.5. The number of ether oxygens (including phenoxy) is 3. The summed E-state index contributed by atoms with van der Waals surface area (Å²) in [6.07, 6.45) is 13.1. The van der Waals surface area contributed by atoms with Gasteiger partial charge in [-0.3, -0.25) is 0 Å². The number of hydrogen-bond acceptors (Lipinski definition) is 8. The number of benzene rings is 3. The zero-order valence-electron chi connectivity index (χ0n) is 37.4. The molecular formula is C53H64FN3O5. The third-order valence-corrected chi connectivity index (χ3v) is 12.0. The molecule has 0 unspecified atom stereocenters. The molecule has 0 amide bonds. The second-order valence-electron chi connectivity index (χ2n) is 17.2. The Morgan fingerprint density at radius 2 is 1.31 bits per heavy atom. The maximum atomic E-state index is 16.1. The molecule has 0 saturated heterocycles. The first kappa shape index (κ1) is 48.9. The van der Waals surface area contributed by atoms with E-state index < -0.39 is 17.4 Å². The average Bonchev–Trinajstić information content (AvgIpc) is 3.27. The fourth-order valence-electron chi connectivity index (χ4n) is 8.35. The Hall–Kier alpha value is -5.72. The van der Waals surface area contributed by atoms with Crippen LogP contribution in [0.1, 0.15) is 139 Å². The summed E-state index contributed by atoms with van der Waals surface area (Å²) in [4.78, 5) is 25.1. The van der Waals surface area contributed by atoms with E-state index in [4.69, 9.17) is 14.2 Å². The number of halogens is 1. The Balaban J connectivity index is 1.71. The van der Waals surface area contributed by atoms with Crippen LogP contribution in [0, 0.1) is 51.1 Å². The van der Waals surface area contributed by atoms with Gasteiger partial charge in [-0.05, 0) is 141 Å². The molecule has 62 heavy (non-hydrogen) atoms. The molecule has 328 valence electrons. The van der Waals surface area contributed by atoms with Crippen molar-refractivity contribution in [3.8, 4) is 46.2 Å². The topological polar surface area (TPSA) is 133 Å². The molecule has 4 rings (SSSR count). The van der Waals surface area contributed by atoms with Crippen LogP contribution in [0.3, 0.4) is 0 Å². The zero-order chi connectivity index (χ0) is 45.1. The molecule has 1 fully saturated rings. The minimum atomic E-state index is -1.25. The molecule has 0 aliphatic heterocycles. The summed E-state index contributed by atoms with van der Waals surface area (Å²) in [5, 5.41) is 28.9. The SMILES string of the molecule is C=C(C)C(=O)OCC(CC#N)(COC(=O)C(=C)C)COc1c(CCCC#N)cc(-c2ccc(-c3ccc(C4CCC(CCCCC)CC4)cc3F)c(CC)c2)cc1CCCC#N. The van der Waals surface area contributed by atoms with Gasteiger partial charge in [0.1, 0.15) is 31.4 Å². The van der Waals surface area contributed by atoms with Crippen molar-refractivity contribution in [2.45, 2.75) is 136 Å². The fraction of sp³-hybridized carbons (Fsp3) is 0.491. The summed E-state index contributed by atoms with van der Waals surface area (Å²) in [5.41, 5.74) is 6.15. The maximum Gasteiger partial charge on any atom is 0.333 e. The lowest BCUT2D eigenvalue weighted by Gasteiger charge is -2.31. The van der Waals surface area contributed by atoms with E-state index in [1.54, 1.807) is 6.07 Å². The van der Waals surface area contributed by atoms with Crippen LogP contribution in [0.15, 0.2) is 72.8 Å². The third-order valence-electron chi connectivity index (χ3n) is 12.0. The van der Waals surface area contributed by atoms with Gasteiger partial charge in [0.05, 0.1) is 30.0 Å². The lowest BCUT2D eigenvalue weighted by molar-refractivity contribution is -0.150. The van der Waals surface area contributed by atoms with Crippen LogP contribution in [0.5, 0.6) is 5.75 Å². The first-order valence-electron chi connectivity index (χ1n) is 22.4. The summed E-state index contributed by atoms with van der Waals surface area (Å²) < 4.78 is 33.8. The van der Waals surface area contributed by atoms with Crippen molar-refractivity contribution in [1.29, 1.82) is 15.8 Å². The lowest BCUT2D eigenvalue weighted by Crippen LogP contribution is -2.40. The van der Waals surface area contributed by atoms with Gasteiger partial charge >= 0.3 is 11.9 Å². The normalized spacial score (nSPS) is 14.8. The van der Waals surface area contributed by atoms with Crippen LogP contribution in [0.2, 0.25) is 0 Å². The quantitative estimate of drug-likeness (QED) is 0.0494. The summed E-state index contributed by atoms with van der Waals surface area (Å²) in [7, 11) is 0. The van der Waals surface area contributed by atoms with E-state index >= 15 is 4.39 Å². The minimum absolute atomic E-state index is 0.150. The maximum absolute atomic E-state index is 16.1. The third kappa shape index (κ3) is 13.9. The molecule has 1 saturated carbocycles. The molecule has 0 radical (unpaired) electrons. The predicted molar refractivity (Wildman–Crippen MR) is 242 cm³/mol. The van der Waals surface area contributed by atoms with Crippen LogP contribution >= 0.6 is 0 Å². The van der Waals surface area contributed by atoms with Gasteiger partial charge in [0.2, 0.25) is 0 Å². The number of esters is 2. The van der Waals surface area contributed by atoms with Gasteiger partial charge in [0, 0.05) is 29.6 Å². The molecule has 1 aliphatic carbocycles.